The molecule has 1 aromatic carbocycles. The third kappa shape index (κ3) is 5.30. The number of hydrogen-bond acceptors (Lipinski definition) is 6. The van der Waals surface area contributed by atoms with Gasteiger partial charge in [-0.3, -0.25) is 4.99 Å². The van der Waals surface area contributed by atoms with Gasteiger partial charge < -0.3 is 24.2 Å². The van der Waals surface area contributed by atoms with Crippen LogP contribution >= 0.6 is 11.6 Å². The van der Waals surface area contributed by atoms with E-state index in [1.54, 1.807) is 0 Å². The Bertz CT molecular complexity index is 853. The van der Waals surface area contributed by atoms with Gasteiger partial charge in [-0.15, -0.1) is 0 Å². The van der Waals surface area contributed by atoms with Crippen LogP contribution in [0.15, 0.2) is 33.8 Å². The molecule has 2 aliphatic rings. The average Bonchev–Trinajstić information content (AvgIpc) is 3.46. The second-order valence-corrected chi connectivity index (χ2v) is 7.85. The molecule has 0 aliphatic carbocycles. The number of ether oxygens (including phenoxy) is 2. The van der Waals surface area contributed by atoms with Crippen LogP contribution in [0.4, 0.5) is 0 Å². The number of benzene rings is 1. The van der Waals surface area contributed by atoms with E-state index in [2.05, 4.69) is 27.3 Å². The van der Waals surface area contributed by atoms with Gasteiger partial charge in [-0.05, 0) is 31.9 Å². The molecule has 8 nitrogen and oxygen atoms in total. The van der Waals surface area contributed by atoms with Crippen LogP contribution in [0.3, 0.4) is 0 Å². The van der Waals surface area contributed by atoms with Gasteiger partial charge in [-0.1, -0.05) is 28.9 Å². The first-order chi connectivity index (χ1) is 14.7. The molecule has 0 spiro atoms. The molecule has 2 aliphatic heterocycles. The monoisotopic (exact) mass is 433 g/mol. The summed E-state index contributed by atoms with van der Waals surface area (Å²) in [4.78, 5) is 11.5. The highest BCUT2D eigenvalue weighted by Gasteiger charge is 2.32. The van der Waals surface area contributed by atoms with E-state index < -0.39 is 0 Å². The molecule has 162 valence electrons. The summed E-state index contributed by atoms with van der Waals surface area (Å²) in [6.07, 6.45) is 3.04. The molecule has 3 heterocycles. The summed E-state index contributed by atoms with van der Waals surface area (Å²) in [6.45, 7) is 6.55. The molecule has 4 rings (SSSR count). The second-order valence-electron chi connectivity index (χ2n) is 7.41. The largest absolute Gasteiger partial charge is 0.375 e. The standard InChI is InChI=1S/C21H28ClN5O3/c1-2-23-21(27-10-12-29-18(14-27)17-7-4-11-28-17)24-9-8-19-25-20(26-30-19)15-5-3-6-16(22)13-15/h3,5-6,13,17-18H,2,4,7-12,14H2,1H3,(H,23,24). The topological polar surface area (TPSA) is 85.0 Å². The summed E-state index contributed by atoms with van der Waals surface area (Å²) in [7, 11) is 0. The van der Waals surface area contributed by atoms with Crippen LogP contribution in [0, 0.1) is 0 Å². The summed E-state index contributed by atoms with van der Waals surface area (Å²) < 4.78 is 17.2. The summed E-state index contributed by atoms with van der Waals surface area (Å²) in [5, 5.41) is 8.09. The van der Waals surface area contributed by atoms with Crippen LogP contribution in [0.25, 0.3) is 11.4 Å². The molecule has 1 N–H and O–H groups in total. The Hall–Kier alpha value is -2.16. The first-order valence-electron chi connectivity index (χ1n) is 10.6. The maximum absolute atomic E-state index is 6.04. The van der Waals surface area contributed by atoms with E-state index in [9.17, 15) is 0 Å². The minimum absolute atomic E-state index is 0.0984. The Morgan fingerprint density at radius 3 is 3.00 bits per heavy atom. The summed E-state index contributed by atoms with van der Waals surface area (Å²) >= 11 is 6.04. The zero-order valence-electron chi connectivity index (χ0n) is 17.2. The lowest BCUT2D eigenvalue weighted by molar-refractivity contribution is -0.0817. The maximum atomic E-state index is 6.04. The van der Waals surface area contributed by atoms with Gasteiger partial charge in [0.25, 0.3) is 0 Å². The first-order valence-corrected chi connectivity index (χ1v) is 11.0. The van der Waals surface area contributed by atoms with Crippen LogP contribution in [-0.2, 0) is 15.9 Å². The Kier molecular flexibility index (Phi) is 7.20. The zero-order valence-corrected chi connectivity index (χ0v) is 18.0. The van der Waals surface area contributed by atoms with Gasteiger partial charge in [0.05, 0.1) is 19.3 Å². The van der Waals surface area contributed by atoms with Crippen molar-refractivity contribution in [2.75, 3.05) is 39.4 Å². The molecule has 0 saturated carbocycles. The van der Waals surface area contributed by atoms with Crippen LogP contribution in [0.2, 0.25) is 5.02 Å². The Morgan fingerprint density at radius 1 is 1.30 bits per heavy atom. The minimum Gasteiger partial charge on any atom is -0.375 e. The van der Waals surface area contributed by atoms with Gasteiger partial charge in [-0.2, -0.15) is 4.98 Å². The lowest BCUT2D eigenvalue weighted by Gasteiger charge is -2.37. The van der Waals surface area contributed by atoms with Crippen molar-refractivity contribution in [1.29, 1.82) is 0 Å². The number of rotatable bonds is 6. The predicted molar refractivity (Wildman–Crippen MR) is 115 cm³/mol. The average molecular weight is 434 g/mol. The lowest BCUT2D eigenvalue weighted by atomic mass is 10.1. The minimum atomic E-state index is 0.0984. The van der Waals surface area contributed by atoms with Crippen molar-refractivity contribution in [3.8, 4) is 11.4 Å². The van der Waals surface area contributed by atoms with Gasteiger partial charge in [0.1, 0.15) is 6.10 Å². The second kappa shape index (κ2) is 10.2. The number of nitrogens with zero attached hydrogens (tertiary/aromatic N) is 4. The van der Waals surface area contributed by atoms with E-state index in [4.69, 9.17) is 30.6 Å². The highest BCUT2D eigenvalue weighted by molar-refractivity contribution is 6.30. The molecule has 0 amide bonds. The Balaban J connectivity index is 1.36. The van der Waals surface area contributed by atoms with Crippen molar-refractivity contribution in [3.05, 3.63) is 35.2 Å². The number of aliphatic imine (C=N–C) groups is 1. The summed E-state index contributed by atoms with van der Waals surface area (Å²) in [5.41, 5.74) is 0.836. The fraction of sp³-hybridized carbons (Fsp3) is 0.571. The maximum Gasteiger partial charge on any atom is 0.228 e. The Labute approximate surface area is 181 Å². The van der Waals surface area contributed by atoms with Gasteiger partial charge in [0, 0.05) is 43.2 Å². The van der Waals surface area contributed by atoms with Crippen molar-refractivity contribution in [3.63, 3.8) is 0 Å². The van der Waals surface area contributed by atoms with Crippen molar-refractivity contribution < 1.29 is 14.0 Å². The van der Waals surface area contributed by atoms with Crippen molar-refractivity contribution in [2.45, 2.75) is 38.4 Å². The van der Waals surface area contributed by atoms with Gasteiger partial charge in [0.15, 0.2) is 5.96 Å². The molecule has 0 radical (unpaired) electrons. The Morgan fingerprint density at radius 2 is 2.20 bits per heavy atom. The third-order valence-corrected chi connectivity index (χ3v) is 5.48. The number of guanidine groups is 1. The number of morpholine rings is 1. The molecule has 2 unspecified atom stereocenters. The molecule has 2 atom stereocenters. The van der Waals surface area contributed by atoms with Gasteiger partial charge in [0.2, 0.25) is 11.7 Å². The van der Waals surface area contributed by atoms with E-state index in [0.29, 0.717) is 36.3 Å². The van der Waals surface area contributed by atoms with E-state index in [1.165, 1.54) is 0 Å². The highest BCUT2D eigenvalue weighted by atomic mass is 35.5. The molecule has 30 heavy (non-hydrogen) atoms. The fourth-order valence-corrected chi connectivity index (χ4v) is 3.96. The number of hydrogen-bond donors (Lipinski definition) is 1. The highest BCUT2D eigenvalue weighted by Crippen LogP contribution is 2.22. The number of nitrogens with one attached hydrogen (secondary N) is 1. The summed E-state index contributed by atoms with van der Waals surface area (Å²) in [6, 6.07) is 7.41. The predicted octanol–water partition coefficient (Wildman–Crippen LogP) is 2.78. The number of aromatic nitrogens is 2. The van der Waals surface area contributed by atoms with E-state index >= 15 is 0 Å². The number of halogens is 1. The zero-order chi connectivity index (χ0) is 20.8. The molecule has 2 fully saturated rings. The quantitative estimate of drug-likeness (QED) is 0.553. The van der Waals surface area contributed by atoms with Crippen LogP contribution < -0.4 is 5.32 Å². The molecule has 2 aromatic rings. The van der Waals surface area contributed by atoms with Gasteiger partial charge >= 0.3 is 0 Å². The van der Waals surface area contributed by atoms with E-state index in [0.717, 1.165) is 50.6 Å². The fourth-order valence-electron chi connectivity index (χ4n) is 3.77. The van der Waals surface area contributed by atoms with Crippen molar-refractivity contribution >= 4 is 17.6 Å². The van der Waals surface area contributed by atoms with E-state index in [-0.39, 0.29) is 12.2 Å². The smallest absolute Gasteiger partial charge is 0.228 e. The van der Waals surface area contributed by atoms with Crippen LogP contribution in [-0.4, -0.2) is 72.6 Å². The molecule has 0 bridgehead atoms. The molecular formula is C21H28ClN5O3. The molecule has 2 saturated heterocycles. The molecule has 1 aromatic heterocycles. The molecular weight excluding hydrogens is 406 g/mol. The van der Waals surface area contributed by atoms with Crippen LogP contribution in [0.1, 0.15) is 25.7 Å². The first kappa shape index (κ1) is 21.1. The summed E-state index contributed by atoms with van der Waals surface area (Å²) in [5.74, 6) is 1.98. The normalized spacial score (nSPS) is 22.5. The molecule has 9 heteroatoms. The SMILES string of the molecule is CCNC(=NCCc1nc(-c2cccc(Cl)c2)no1)N1CCOC(C2CCCO2)C1. The lowest BCUT2D eigenvalue weighted by Crippen LogP contribution is -2.53. The third-order valence-electron chi connectivity index (χ3n) is 5.25. The van der Waals surface area contributed by atoms with Crippen molar-refractivity contribution in [2.24, 2.45) is 4.99 Å². The van der Waals surface area contributed by atoms with Crippen LogP contribution in [0.5, 0.6) is 0 Å². The van der Waals surface area contributed by atoms with E-state index in [1.807, 2.05) is 24.3 Å². The van der Waals surface area contributed by atoms with Gasteiger partial charge in [-0.25, -0.2) is 0 Å². The van der Waals surface area contributed by atoms with Crippen molar-refractivity contribution in [1.82, 2.24) is 20.4 Å².